The molecular formula is C15H18N2O4. The summed E-state index contributed by atoms with van der Waals surface area (Å²) in [5.41, 5.74) is 0.746. The van der Waals surface area contributed by atoms with E-state index >= 15 is 0 Å². The van der Waals surface area contributed by atoms with Crippen LogP contribution >= 0.6 is 0 Å². The van der Waals surface area contributed by atoms with Gasteiger partial charge in [-0.05, 0) is 44.7 Å². The van der Waals surface area contributed by atoms with E-state index in [0.29, 0.717) is 11.2 Å². The highest BCUT2D eigenvalue weighted by Gasteiger charge is 2.26. The second-order valence-electron chi connectivity index (χ2n) is 5.44. The Labute approximate surface area is 121 Å². The minimum Gasteiger partial charge on any atom is -0.461 e. The summed E-state index contributed by atoms with van der Waals surface area (Å²) in [6.45, 7) is 1.64. The van der Waals surface area contributed by atoms with Gasteiger partial charge in [0.1, 0.15) is 12.1 Å². The smallest absolute Gasteiger partial charge is 0.422 e. The third-order valence-corrected chi connectivity index (χ3v) is 3.94. The van der Waals surface area contributed by atoms with Crippen LogP contribution in [0, 0.1) is 0 Å². The monoisotopic (exact) mass is 290 g/mol. The van der Waals surface area contributed by atoms with Crippen molar-refractivity contribution in [1.82, 2.24) is 9.55 Å². The maximum absolute atomic E-state index is 12.3. The van der Waals surface area contributed by atoms with Gasteiger partial charge in [0.15, 0.2) is 11.2 Å². The van der Waals surface area contributed by atoms with E-state index in [9.17, 15) is 9.59 Å². The van der Waals surface area contributed by atoms with Crippen LogP contribution in [0.4, 0.5) is 0 Å². The minimum atomic E-state index is -0.740. The highest BCUT2D eigenvalue weighted by Crippen LogP contribution is 2.22. The molecule has 0 aromatic carbocycles. The molecule has 1 atom stereocenters. The van der Waals surface area contributed by atoms with E-state index in [1.54, 1.807) is 25.3 Å². The zero-order valence-corrected chi connectivity index (χ0v) is 11.9. The molecule has 1 unspecified atom stereocenters. The van der Waals surface area contributed by atoms with Crippen LogP contribution in [0.15, 0.2) is 27.5 Å². The van der Waals surface area contributed by atoms with Crippen LogP contribution in [-0.2, 0) is 9.53 Å². The average Bonchev–Trinajstić information content (AvgIpc) is 2.83. The lowest BCUT2D eigenvalue weighted by Crippen LogP contribution is -2.30. The summed E-state index contributed by atoms with van der Waals surface area (Å²) in [7, 11) is 0. The summed E-state index contributed by atoms with van der Waals surface area (Å²) < 4.78 is 11.9. The first-order valence-electron chi connectivity index (χ1n) is 7.33. The lowest BCUT2D eigenvalue weighted by atomic mass is 9.98. The van der Waals surface area contributed by atoms with Crippen molar-refractivity contribution in [2.75, 3.05) is 0 Å². The number of aromatic nitrogens is 2. The molecule has 0 radical (unpaired) electrons. The lowest BCUT2D eigenvalue weighted by Gasteiger charge is -2.23. The fourth-order valence-electron chi connectivity index (χ4n) is 2.77. The molecule has 21 heavy (non-hydrogen) atoms. The van der Waals surface area contributed by atoms with Gasteiger partial charge in [-0.15, -0.1) is 0 Å². The van der Waals surface area contributed by atoms with Gasteiger partial charge >= 0.3 is 11.7 Å². The van der Waals surface area contributed by atoms with Gasteiger partial charge in [0.05, 0.1) is 0 Å². The van der Waals surface area contributed by atoms with Gasteiger partial charge in [0.2, 0.25) is 0 Å². The van der Waals surface area contributed by atoms with Crippen molar-refractivity contribution in [3.8, 4) is 0 Å². The fraction of sp³-hybridized carbons (Fsp3) is 0.533. The highest BCUT2D eigenvalue weighted by molar-refractivity contribution is 5.77. The number of esters is 1. The molecule has 0 N–H and O–H groups in total. The summed E-state index contributed by atoms with van der Waals surface area (Å²) in [5.74, 6) is -0.992. The van der Waals surface area contributed by atoms with Crippen molar-refractivity contribution in [2.45, 2.75) is 51.2 Å². The van der Waals surface area contributed by atoms with E-state index in [2.05, 4.69) is 4.98 Å². The Kier molecular flexibility index (Phi) is 3.77. The topological polar surface area (TPSA) is 74.3 Å². The number of oxazole rings is 1. The normalized spacial score (nSPS) is 17.8. The van der Waals surface area contributed by atoms with Gasteiger partial charge in [-0.25, -0.2) is 19.1 Å². The Morgan fingerprint density at radius 1 is 1.43 bits per heavy atom. The molecule has 2 heterocycles. The van der Waals surface area contributed by atoms with E-state index in [4.69, 9.17) is 9.15 Å². The van der Waals surface area contributed by atoms with Crippen molar-refractivity contribution < 1.29 is 13.9 Å². The van der Waals surface area contributed by atoms with Crippen LogP contribution in [0.3, 0.4) is 0 Å². The third-order valence-electron chi connectivity index (χ3n) is 3.94. The molecule has 0 saturated heterocycles. The van der Waals surface area contributed by atoms with E-state index in [0.717, 1.165) is 25.7 Å². The quantitative estimate of drug-likeness (QED) is 0.812. The second-order valence-corrected chi connectivity index (χ2v) is 5.44. The maximum atomic E-state index is 12.3. The van der Waals surface area contributed by atoms with Gasteiger partial charge in [0, 0.05) is 6.20 Å². The zero-order chi connectivity index (χ0) is 14.8. The Morgan fingerprint density at radius 3 is 2.95 bits per heavy atom. The molecule has 1 fully saturated rings. The predicted molar refractivity (Wildman–Crippen MR) is 75.9 cm³/mol. The number of fused-ring (bicyclic) bond motifs is 1. The number of carbonyl (C=O) groups is 1. The van der Waals surface area contributed by atoms with Gasteiger partial charge in [0.25, 0.3) is 0 Å². The number of nitrogens with zero attached hydrogens (tertiary/aromatic N) is 2. The van der Waals surface area contributed by atoms with Gasteiger partial charge in [-0.3, -0.25) is 0 Å². The van der Waals surface area contributed by atoms with Crippen LogP contribution in [0.2, 0.25) is 0 Å². The van der Waals surface area contributed by atoms with E-state index in [-0.39, 0.29) is 6.10 Å². The molecule has 3 rings (SSSR count). The Balaban J connectivity index is 1.82. The molecule has 1 saturated carbocycles. The molecule has 2 aromatic rings. The highest BCUT2D eigenvalue weighted by atomic mass is 16.5. The SMILES string of the molecule is CC(C(=O)OC1CCCCC1)n1c(=O)oc2cccnc21. The molecule has 0 aliphatic heterocycles. The summed E-state index contributed by atoms with van der Waals surface area (Å²) in [4.78, 5) is 28.3. The van der Waals surface area contributed by atoms with Crippen molar-refractivity contribution >= 4 is 17.2 Å². The molecule has 0 amide bonds. The third kappa shape index (κ3) is 2.70. The minimum absolute atomic E-state index is 0.0319. The van der Waals surface area contributed by atoms with Crippen molar-refractivity contribution in [2.24, 2.45) is 0 Å². The van der Waals surface area contributed by atoms with Crippen LogP contribution in [0.1, 0.15) is 45.1 Å². The molecule has 2 aromatic heterocycles. The first kappa shape index (κ1) is 13.9. The van der Waals surface area contributed by atoms with Crippen LogP contribution in [0.25, 0.3) is 11.2 Å². The summed E-state index contributed by atoms with van der Waals surface area (Å²) in [6, 6.07) is 2.59. The predicted octanol–water partition coefficient (Wildman–Crippen LogP) is 2.43. The van der Waals surface area contributed by atoms with Gasteiger partial charge < -0.3 is 9.15 Å². The van der Waals surface area contributed by atoms with E-state index in [1.165, 1.54) is 11.0 Å². The Hall–Kier alpha value is -2.11. The largest absolute Gasteiger partial charge is 0.461 e. The molecule has 0 bridgehead atoms. The average molecular weight is 290 g/mol. The standard InChI is InChI=1S/C15H18N2O4/c1-10(14(18)20-11-6-3-2-4-7-11)17-13-12(21-15(17)19)8-5-9-16-13/h5,8-11H,2-4,6-7H2,1H3. The zero-order valence-electron chi connectivity index (χ0n) is 11.9. The Bertz CT molecular complexity index is 697. The first-order valence-corrected chi connectivity index (χ1v) is 7.33. The van der Waals surface area contributed by atoms with E-state index < -0.39 is 17.8 Å². The lowest BCUT2D eigenvalue weighted by molar-refractivity contribution is -0.154. The van der Waals surface area contributed by atoms with Crippen molar-refractivity contribution in [3.63, 3.8) is 0 Å². The number of rotatable bonds is 3. The van der Waals surface area contributed by atoms with Crippen LogP contribution in [0.5, 0.6) is 0 Å². The van der Waals surface area contributed by atoms with Crippen molar-refractivity contribution in [1.29, 1.82) is 0 Å². The second kappa shape index (κ2) is 5.71. The number of hydrogen-bond acceptors (Lipinski definition) is 5. The Morgan fingerprint density at radius 2 is 2.19 bits per heavy atom. The molecule has 1 aliphatic carbocycles. The molecule has 0 spiro atoms. The summed E-state index contributed by atoms with van der Waals surface area (Å²) >= 11 is 0. The maximum Gasteiger partial charge on any atom is 0.422 e. The van der Waals surface area contributed by atoms with Crippen molar-refractivity contribution in [3.05, 3.63) is 28.9 Å². The molecule has 6 heteroatoms. The van der Waals surface area contributed by atoms with E-state index in [1.807, 2.05) is 0 Å². The first-order chi connectivity index (χ1) is 10.2. The number of pyridine rings is 1. The molecule has 1 aliphatic rings. The number of hydrogen-bond donors (Lipinski definition) is 0. The summed E-state index contributed by atoms with van der Waals surface area (Å²) in [6.07, 6.45) is 6.70. The fourth-order valence-corrected chi connectivity index (χ4v) is 2.77. The number of carbonyl (C=O) groups excluding carboxylic acids is 1. The number of ether oxygens (including phenoxy) is 1. The van der Waals surface area contributed by atoms with Gasteiger partial charge in [-0.2, -0.15) is 0 Å². The van der Waals surface area contributed by atoms with Crippen LogP contribution in [-0.4, -0.2) is 21.6 Å². The summed E-state index contributed by atoms with van der Waals surface area (Å²) in [5, 5.41) is 0. The molecule has 6 nitrogen and oxygen atoms in total. The van der Waals surface area contributed by atoms with Crippen LogP contribution < -0.4 is 5.76 Å². The molecular weight excluding hydrogens is 272 g/mol. The molecule has 112 valence electrons. The van der Waals surface area contributed by atoms with Gasteiger partial charge in [-0.1, -0.05) is 6.42 Å².